The van der Waals surface area contributed by atoms with Gasteiger partial charge in [-0.05, 0) is 13.0 Å². The molecule has 1 heterocycles. The molecule has 0 aliphatic heterocycles. The number of hydrogen-bond acceptors (Lipinski definition) is 4. The van der Waals surface area contributed by atoms with E-state index in [1.165, 1.54) is 6.92 Å². The normalized spacial score (nSPS) is 12.4. The molecule has 0 aliphatic carbocycles. The average Bonchev–Trinajstić information content (AvgIpc) is 2.30. The van der Waals surface area contributed by atoms with E-state index in [1.807, 2.05) is 0 Å². The zero-order valence-corrected chi connectivity index (χ0v) is 10.4. The van der Waals surface area contributed by atoms with Crippen LogP contribution in [0.25, 0.3) is 6.08 Å². The molecule has 0 atom stereocenters. The standard InChI is InChI=1S/C11H9ClF3NO3/c1-2-19-10(18)9(17)4-8-7(12)3-6(5-16-8)11(13,14)15/h3-5,17H,2H2,1H3/b9-4-. The molecule has 0 saturated heterocycles. The maximum Gasteiger partial charge on any atom is 0.417 e. The fraction of sp³-hybridized carbons (Fsp3) is 0.273. The van der Waals surface area contributed by atoms with E-state index in [2.05, 4.69) is 9.72 Å². The highest BCUT2D eigenvalue weighted by molar-refractivity contribution is 6.32. The highest BCUT2D eigenvalue weighted by Crippen LogP contribution is 2.31. The van der Waals surface area contributed by atoms with Crippen LogP contribution in [-0.2, 0) is 15.7 Å². The predicted molar refractivity (Wildman–Crippen MR) is 61.5 cm³/mol. The Balaban J connectivity index is 3.04. The Hall–Kier alpha value is -1.76. The molecule has 4 nitrogen and oxygen atoms in total. The largest absolute Gasteiger partial charge is 0.502 e. The van der Waals surface area contributed by atoms with Gasteiger partial charge in [0.25, 0.3) is 0 Å². The lowest BCUT2D eigenvalue weighted by atomic mass is 10.2. The summed E-state index contributed by atoms with van der Waals surface area (Å²) in [5, 5.41) is 8.98. The number of nitrogens with zero attached hydrogens (tertiary/aromatic N) is 1. The summed E-state index contributed by atoms with van der Waals surface area (Å²) in [6.07, 6.45) is -3.18. The zero-order valence-electron chi connectivity index (χ0n) is 9.66. The molecule has 8 heteroatoms. The van der Waals surface area contributed by atoms with Crippen LogP contribution >= 0.6 is 11.6 Å². The van der Waals surface area contributed by atoms with Crippen LogP contribution in [0.5, 0.6) is 0 Å². The second-order valence-electron chi connectivity index (χ2n) is 3.34. The second kappa shape index (κ2) is 5.92. The Morgan fingerprint density at radius 1 is 1.58 bits per heavy atom. The molecule has 1 rings (SSSR count). The summed E-state index contributed by atoms with van der Waals surface area (Å²) in [6, 6.07) is 0.652. The molecule has 0 fully saturated rings. The van der Waals surface area contributed by atoms with E-state index in [-0.39, 0.29) is 17.3 Å². The third-order valence-electron chi connectivity index (χ3n) is 1.95. The third kappa shape index (κ3) is 4.13. The van der Waals surface area contributed by atoms with Crippen molar-refractivity contribution in [3.05, 3.63) is 34.3 Å². The van der Waals surface area contributed by atoms with Gasteiger partial charge in [-0.15, -0.1) is 0 Å². The van der Waals surface area contributed by atoms with Crippen LogP contribution in [0, 0.1) is 0 Å². The monoisotopic (exact) mass is 295 g/mol. The molecular weight excluding hydrogens is 287 g/mol. The molecule has 1 aromatic rings. The number of aliphatic hydroxyl groups excluding tert-OH is 1. The number of ether oxygens (including phenoxy) is 1. The second-order valence-corrected chi connectivity index (χ2v) is 3.75. The molecule has 0 radical (unpaired) electrons. The van der Waals surface area contributed by atoms with Crippen LogP contribution in [0.2, 0.25) is 5.02 Å². The van der Waals surface area contributed by atoms with Crippen molar-refractivity contribution in [1.29, 1.82) is 0 Å². The maximum absolute atomic E-state index is 12.4. The Kier molecular flexibility index (Phi) is 4.77. The van der Waals surface area contributed by atoms with Crippen LogP contribution in [0.1, 0.15) is 18.2 Å². The van der Waals surface area contributed by atoms with Gasteiger partial charge in [-0.25, -0.2) is 4.79 Å². The number of esters is 1. The van der Waals surface area contributed by atoms with Gasteiger partial charge in [-0.1, -0.05) is 11.6 Å². The van der Waals surface area contributed by atoms with Crippen LogP contribution in [0.3, 0.4) is 0 Å². The molecule has 0 spiro atoms. The number of alkyl halides is 3. The molecular formula is C11H9ClF3NO3. The summed E-state index contributed by atoms with van der Waals surface area (Å²) in [5.41, 5.74) is -1.19. The molecule has 0 amide bonds. The fourth-order valence-corrected chi connectivity index (χ4v) is 1.32. The summed E-state index contributed by atoms with van der Waals surface area (Å²) >= 11 is 5.59. The molecule has 0 aliphatic rings. The minimum atomic E-state index is -4.57. The summed E-state index contributed by atoms with van der Waals surface area (Å²) in [4.78, 5) is 14.5. The van der Waals surface area contributed by atoms with E-state index in [9.17, 15) is 23.1 Å². The van der Waals surface area contributed by atoms with Crippen molar-refractivity contribution in [2.45, 2.75) is 13.1 Å². The van der Waals surface area contributed by atoms with Crippen molar-refractivity contribution >= 4 is 23.6 Å². The summed E-state index contributed by atoms with van der Waals surface area (Å²) in [7, 11) is 0. The average molecular weight is 296 g/mol. The first-order valence-electron chi connectivity index (χ1n) is 5.06. The van der Waals surface area contributed by atoms with E-state index in [0.717, 1.165) is 6.08 Å². The number of aromatic nitrogens is 1. The molecule has 19 heavy (non-hydrogen) atoms. The zero-order chi connectivity index (χ0) is 14.6. The molecule has 1 N–H and O–H groups in total. The van der Waals surface area contributed by atoms with Crippen molar-refractivity contribution in [3.63, 3.8) is 0 Å². The van der Waals surface area contributed by atoms with E-state index in [4.69, 9.17) is 11.6 Å². The Morgan fingerprint density at radius 2 is 2.21 bits per heavy atom. The highest BCUT2D eigenvalue weighted by atomic mass is 35.5. The van der Waals surface area contributed by atoms with Gasteiger partial charge < -0.3 is 9.84 Å². The number of pyridine rings is 1. The van der Waals surface area contributed by atoms with Crippen molar-refractivity contribution in [1.82, 2.24) is 4.98 Å². The van der Waals surface area contributed by atoms with Gasteiger partial charge in [0.1, 0.15) is 0 Å². The minimum absolute atomic E-state index is 0.0465. The Morgan fingerprint density at radius 3 is 2.68 bits per heavy atom. The predicted octanol–water partition coefficient (Wildman–Crippen LogP) is 3.22. The van der Waals surface area contributed by atoms with Gasteiger partial charge in [-0.3, -0.25) is 4.98 Å². The summed E-state index contributed by atoms with van der Waals surface area (Å²) in [6.45, 7) is 1.58. The van der Waals surface area contributed by atoms with Gasteiger partial charge in [0, 0.05) is 12.3 Å². The van der Waals surface area contributed by atoms with Crippen molar-refractivity contribution in [2.75, 3.05) is 6.61 Å². The van der Waals surface area contributed by atoms with Crippen LogP contribution in [-0.4, -0.2) is 22.7 Å². The van der Waals surface area contributed by atoms with Crippen LogP contribution in [0.4, 0.5) is 13.2 Å². The van der Waals surface area contributed by atoms with Crippen LogP contribution in [0.15, 0.2) is 18.0 Å². The van der Waals surface area contributed by atoms with E-state index >= 15 is 0 Å². The maximum atomic E-state index is 12.4. The first kappa shape index (κ1) is 15.3. The highest BCUT2D eigenvalue weighted by Gasteiger charge is 2.31. The summed E-state index contributed by atoms with van der Waals surface area (Å²) in [5.74, 6) is -1.81. The lowest BCUT2D eigenvalue weighted by Crippen LogP contribution is -2.08. The SMILES string of the molecule is CCOC(=O)/C(O)=C/c1ncc(C(F)(F)F)cc1Cl. The fourth-order valence-electron chi connectivity index (χ4n) is 1.10. The Bertz CT molecular complexity index is 514. The first-order valence-corrected chi connectivity index (χ1v) is 5.44. The topological polar surface area (TPSA) is 59.4 Å². The lowest BCUT2D eigenvalue weighted by Gasteiger charge is -2.07. The molecule has 104 valence electrons. The minimum Gasteiger partial charge on any atom is -0.502 e. The van der Waals surface area contributed by atoms with Crippen molar-refractivity contribution < 1.29 is 27.8 Å². The van der Waals surface area contributed by atoms with Gasteiger partial charge in [0.2, 0.25) is 5.76 Å². The number of halogens is 4. The number of carbonyl (C=O) groups excluding carboxylic acids is 1. The summed E-state index contributed by atoms with van der Waals surface area (Å²) < 4.78 is 41.5. The van der Waals surface area contributed by atoms with Gasteiger partial charge in [0.15, 0.2) is 0 Å². The van der Waals surface area contributed by atoms with Crippen LogP contribution < -0.4 is 0 Å². The van der Waals surface area contributed by atoms with E-state index in [1.54, 1.807) is 0 Å². The lowest BCUT2D eigenvalue weighted by molar-refractivity contribution is -0.141. The van der Waals surface area contributed by atoms with Crippen molar-refractivity contribution in [3.8, 4) is 0 Å². The Labute approximate surface area is 111 Å². The molecule has 0 saturated carbocycles. The van der Waals surface area contributed by atoms with Crippen molar-refractivity contribution in [2.24, 2.45) is 0 Å². The van der Waals surface area contributed by atoms with Gasteiger partial charge in [0.05, 0.1) is 22.9 Å². The molecule has 1 aromatic heterocycles. The number of hydrogen-bond donors (Lipinski definition) is 1. The van der Waals surface area contributed by atoms with Gasteiger partial charge >= 0.3 is 12.1 Å². The molecule has 0 unspecified atom stereocenters. The number of aliphatic hydroxyl groups is 1. The quantitative estimate of drug-likeness (QED) is 0.528. The first-order chi connectivity index (χ1) is 8.75. The number of rotatable bonds is 3. The van der Waals surface area contributed by atoms with E-state index in [0.29, 0.717) is 12.3 Å². The number of carbonyl (C=O) groups is 1. The molecule has 0 bridgehead atoms. The van der Waals surface area contributed by atoms with E-state index < -0.39 is 23.5 Å². The van der Waals surface area contributed by atoms with Gasteiger partial charge in [-0.2, -0.15) is 13.2 Å². The third-order valence-corrected chi connectivity index (χ3v) is 2.26. The molecule has 0 aromatic carbocycles. The smallest absolute Gasteiger partial charge is 0.417 e.